The number of aliphatic hydroxyl groups is 1. The second kappa shape index (κ2) is 7.46. The quantitative estimate of drug-likeness (QED) is 0.666. The van der Waals surface area contributed by atoms with E-state index in [9.17, 15) is 9.90 Å². The Morgan fingerprint density at radius 1 is 1.26 bits per heavy atom. The normalized spacial score (nSPS) is 15.6. The molecule has 140 valence electrons. The molecule has 7 nitrogen and oxygen atoms in total. The number of hydrogen-bond acceptors (Lipinski definition) is 5. The maximum Gasteiger partial charge on any atom is 0.335 e. The van der Waals surface area contributed by atoms with Crippen LogP contribution in [-0.4, -0.2) is 44.2 Å². The van der Waals surface area contributed by atoms with Crippen LogP contribution in [0.3, 0.4) is 0 Å². The van der Waals surface area contributed by atoms with Crippen molar-refractivity contribution in [1.29, 1.82) is 0 Å². The molecule has 0 radical (unpaired) electrons. The minimum Gasteiger partial charge on any atom is -0.478 e. The molecule has 1 saturated carbocycles. The van der Waals surface area contributed by atoms with Crippen molar-refractivity contribution in [2.24, 2.45) is 5.92 Å². The van der Waals surface area contributed by atoms with Crippen molar-refractivity contribution in [2.75, 3.05) is 13.2 Å². The van der Waals surface area contributed by atoms with Gasteiger partial charge in [-0.25, -0.2) is 14.5 Å². The van der Waals surface area contributed by atoms with Gasteiger partial charge in [0, 0.05) is 23.8 Å². The van der Waals surface area contributed by atoms with Crippen molar-refractivity contribution in [3.8, 4) is 5.69 Å². The predicted octanol–water partition coefficient (Wildman–Crippen LogP) is 2.97. The fourth-order valence-electron chi connectivity index (χ4n) is 3.16. The second-order valence-electron chi connectivity index (χ2n) is 6.94. The van der Waals surface area contributed by atoms with Gasteiger partial charge in [0.2, 0.25) is 0 Å². The average Bonchev–Trinajstić information content (AvgIpc) is 3.06. The zero-order valence-electron chi connectivity index (χ0n) is 14.8. The van der Waals surface area contributed by atoms with E-state index < -0.39 is 12.1 Å². The highest BCUT2D eigenvalue weighted by Crippen LogP contribution is 2.27. The third kappa shape index (κ3) is 3.70. The number of carbonyl (C=O) groups is 1. The van der Waals surface area contributed by atoms with Crippen LogP contribution in [0, 0.1) is 5.92 Å². The van der Waals surface area contributed by atoms with Crippen LogP contribution in [0.15, 0.2) is 42.7 Å². The molecule has 2 heterocycles. The van der Waals surface area contributed by atoms with Crippen LogP contribution in [-0.2, 0) is 4.74 Å². The summed E-state index contributed by atoms with van der Waals surface area (Å²) in [5.74, 6) is -0.327. The summed E-state index contributed by atoms with van der Waals surface area (Å²) in [6.07, 6.45) is 6.30. The SMILES string of the molecule is O=C(O)c1ccc(-n2ncc3cc([C@H](O)COCC4CCC4)cnc32)cc1. The molecule has 1 atom stereocenters. The van der Waals surface area contributed by atoms with Gasteiger partial charge in [0.1, 0.15) is 6.10 Å². The van der Waals surface area contributed by atoms with Crippen LogP contribution < -0.4 is 0 Å². The number of aromatic nitrogens is 3. The molecule has 0 amide bonds. The van der Waals surface area contributed by atoms with E-state index in [2.05, 4.69) is 10.1 Å². The summed E-state index contributed by atoms with van der Waals surface area (Å²) in [6, 6.07) is 8.30. The highest BCUT2D eigenvalue weighted by atomic mass is 16.5. The monoisotopic (exact) mass is 367 g/mol. The number of benzene rings is 1. The third-order valence-electron chi connectivity index (χ3n) is 5.03. The molecular weight excluding hydrogens is 346 g/mol. The summed E-state index contributed by atoms with van der Waals surface area (Å²) in [5, 5.41) is 24.5. The van der Waals surface area contributed by atoms with E-state index in [1.54, 1.807) is 29.2 Å². The van der Waals surface area contributed by atoms with Crippen molar-refractivity contribution < 1.29 is 19.7 Å². The Bertz CT molecular complexity index is 948. The molecule has 0 saturated heterocycles. The lowest BCUT2D eigenvalue weighted by Crippen LogP contribution is -2.19. The summed E-state index contributed by atoms with van der Waals surface area (Å²) < 4.78 is 7.27. The van der Waals surface area contributed by atoms with Gasteiger partial charge in [0.15, 0.2) is 5.65 Å². The number of carboxylic acids is 1. The van der Waals surface area contributed by atoms with E-state index >= 15 is 0 Å². The number of nitrogens with zero attached hydrogens (tertiary/aromatic N) is 3. The lowest BCUT2D eigenvalue weighted by atomic mass is 9.86. The first kappa shape index (κ1) is 17.6. The summed E-state index contributed by atoms with van der Waals surface area (Å²) in [6.45, 7) is 0.964. The highest BCUT2D eigenvalue weighted by molar-refractivity contribution is 5.87. The molecule has 2 aromatic heterocycles. The van der Waals surface area contributed by atoms with Crippen LogP contribution in [0.4, 0.5) is 0 Å². The number of aromatic carboxylic acids is 1. The molecule has 1 aromatic carbocycles. The highest BCUT2D eigenvalue weighted by Gasteiger charge is 2.18. The first-order valence-electron chi connectivity index (χ1n) is 9.05. The smallest absolute Gasteiger partial charge is 0.335 e. The molecule has 1 aliphatic carbocycles. The average molecular weight is 367 g/mol. The lowest BCUT2D eigenvalue weighted by molar-refractivity contribution is 0.00723. The first-order valence-corrected chi connectivity index (χ1v) is 9.05. The Hall–Kier alpha value is -2.77. The number of ether oxygens (including phenoxy) is 1. The van der Waals surface area contributed by atoms with Gasteiger partial charge >= 0.3 is 5.97 Å². The predicted molar refractivity (Wildman–Crippen MR) is 98.9 cm³/mol. The Kier molecular flexibility index (Phi) is 4.87. The molecule has 4 rings (SSSR count). The molecule has 0 aliphatic heterocycles. The van der Waals surface area contributed by atoms with Crippen molar-refractivity contribution in [2.45, 2.75) is 25.4 Å². The van der Waals surface area contributed by atoms with Crippen molar-refractivity contribution >= 4 is 17.0 Å². The molecule has 2 N–H and O–H groups in total. The van der Waals surface area contributed by atoms with Crippen LogP contribution in [0.5, 0.6) is 0 Å². The summed E-state index contributed by atoms with van der Waals surface area (Å²) >= 11 is 0. The lowest BCUT2D eigenvalue weighted by Gasteiger charge is -2.25. The second-order valence-corrected chi connectivity index (χ2v) is 6.94. The van der Waals surface area contributed by atoms with Gasteiger partial charge in [-0.1, -0.05) is 6.42 Å². The standard InChI is InChI=1S/C20H21N3O4/c24-18(12-27-11-13-2-1-3-13)15-8-16-10-22-23(19(16)21-9-15)17-6-4-14(5-7-17)20(25)26/h4-10,13,18,24H,1-3,11-12H2,(H,25,26)/t18-/m1/s1. The van der Waals surface area contributed by atoms with E-state index in [0.29, 0.717) is 23.7 Å². The maximum atomic E-state index is 11.0. The maximum absolute atomic E-state index is 11.0. The van der Waals surface area contributed by atoms with E-state index in [1.165, 1.54) is 31.4 Å². The number of rotatable bonds is 7. The van der Waals surface area contributed by atoms with Gasteiger partial charge in [0.25, 0.3) is 0 Å². The molecular formula is C20H21N3O4. The van der Waals surface area contributed by atoms with Crippen molar-refractivity contribution in [1.82, 2.24) is 14.8 Å². The first-order chi connectivity index (χ1) is 13.1. The molecule has 1 fully saturated rings. The van der Waals surface area contributed by atoms with Gasteiger partial charge < -0.3 is 14.9 Å². The topological polar surface area (TPSA) is 97.5 Å². The summed E-state index contributed by atoms with van der Waals surface area (Å²) in [4.78, 5) is 15.4. The Labute approximate surface area is 156 Å². The molecule has 1 aliphatic rings. The molecule has 0 bridgehead atoms. The number of carboxylic acid groups (broad SMARTS) is 1. The van der Waals surface area contributed by atoms with Gasteiger partial charge in [-0.05, 0) is 49.1 Å². The number of fused-ring (bicyclic) bond motifs is 1. The zero-order chi connectivity index (χ0) is 18.8. The summed E-state index contributed by atoms with van der Waals surface area (Å²) in [7, 11) is 0. The molecule has 0 unspecified atom stereocenters. The van der Waals surface area contributed by atoms with Crippen molar-refractivity contribution in [3.63, 3.8) is 0 Å². The fourth-order valence-corrected chi connectivity index (χ4v) is 3.16. The van der Waals surface area contributed by atoms with E-state index in [0.717, 1.165) is 11.1 Å². The van der Waals surface area contributed by atoms with Crippen molar-refractivity contribution in [3.05, 3.63) is 53.9 Å². The van der Waals surface area contributed by atoms with E-state index in [4.69, 9.17) is 9.84 Å². The van der Waals surface area contributed by atoms with E-state index in [-0.39, 0.29) is 12.2 Å². The molecule has 3 aromatic rings. The fraction of sp³-hybridized carbons (Fsp3) is 0.350. The molecule has 27 heavy (non-hydrogen) atoms. The molecule has 0 spiro atoms. The minimum absolute atomic E-state index is 0.218. The van der Waals surface area contributed by atoms with Gasteiger partial charge in [-0.2, -0.15) is 5.10 Å². The third-order valence-corrected chi connectivity index (χ3v) is 5.03. The number of pyridine rings is 1. The van der Waals surface area contributed by atoms with Crippen LogP contribution in [0.25, 0.3) is 16.7 Å². The zero-order valence-corrected chi connectivity index (χ0v) is 14.8. The minimum atomic E-state index is -0.969. The largest absolute Gasteiger partial charge is 0.478 e. The summed E-state index contributed by atoms with van der Waals surface area (Å²) in [5.41, 5.74) is 2.27. The Morgan fingerprint density at radius 3 is 2.70 bits per heavy atom. The molecule has 7 heteroatoms. The number of aliphatic hydroxyl groups excluding tert-OH is 1. The Morgan fingerprint density at radius 2 is 2.04 bits per heavy atom. The number of hydrogen-bond donors (Lipinski definition) is 2. The Balaban J connectivity index is 1.49. The van der Waals surface area contributed by atoms with Gasteiger partial charge in [-0.15, -0.1) is 0 Å². The van der Waals surface area contributed by atoms with Crippen LogP contribution in [0.2, 0.25) is 0 Å². The van der Waals surface area contributed by atoms with E-state index in [1.807, 2.05) is 6.07 Å². The van der Waals surface area contributed by atoms with Crippen LogP contribution in [0.1, 0.15) is 41.3 Å². The van der Waals surface area contributed by atoms with Gasteiger partial charge in [-0.3, -0.25) is 0 Å². The van der Waals surface area contributed by atoms with Gasteiger partial charge in [0.05, 0.1) is 24.1 Å². The van der Waals surface area contributed by atoms with Crippen LogP contribution >= 0.6 is 0 Å².